The molecule has 22 heavy (non-hydrogen) atoms. The lowest BCUT2D eigenvalue weighted by Crippen LogP contribution is -2.31. The lowest BCUT2D eigenvalue weighted by atomic mass is 10.0. The summed E-state index contributed by atoms with van der Waals surface area (Å²) in [5.74, 6) is -0.0314. The lowest BCUT2D eigenvalue weighted by Gasteiger charge is -2.08. The summed E-state index contributed by atoms with van der Waals surface area (Å²) in [6.07, 6.45) is 0. The molecule has 0 bridgehead atoms. The van der Waals surface area contributed by atoms with Gasteiger partial charge in [0.05, 0.1) is 0 Å². The fourth-order valence-electron chi connectivity index (χ4n) is 1.76. The smallest absolute Gasteiger partial charge is 0.330 e. The predicted octanol–water partition coefficient (Wildman–Crippen LogP) is 3.50. The monoisotopic (exact) mass is 365 g/mol. The van der Waals surface area contributed by atoms with Crippen LogP contribution in [-0.4, -0.2) is 18.4 Å². The van der Waals surface area contributed by atoms with Crippen LogP contribution >= 0.6 is 15.9 Å². The summed E-state index contributed by atoms with van der Waals surface area (Å²) in [6.45, 7) is 3.94. The first-order valence-corrected chi connectivity index (χ1v) is 7.59. The van der Waals surface area contributed by atoms with Gasteiger partial charge in [-0.1, -0.05) is 26.0 Å². The van der Waals surface area contributed by atoms with Crippen LogP contribution in [0.1, 0.15) is 35.9 Å². The van der Waals surface area contributed by atoms with Crippen molar-refractivity contribution in [2.24, 2.45) is 0 Å². The molecule has 2 aromatic rings. The van der Waals surface area contributed by atoms with Gasteiger partial charge in [-0.25, -0.2) is 4.79 Å². The number of amides is 1. The van der Waals surface area contributed by atoms with Crippen LogP contribution < -0.4 is 10.1 Å². The van der Waals surface area contributed by atoms with Gasteiger partial charge in [-0.15, -0.1) is 0 Å². The van der Waals surface area contributed by atoms with Crippen molar-refractivity contribution >= 4 is 27.8 Å². The Labute approximate surface area is 136 Å². The molecule has 0 unspecified atom stereocenters. The topological polar surface area (TPSA) is 68.5 Å². The number of ether oxygens (including phenoxy) is 1. The Hall–Kier alpha value is -2.08. The van der Waals surface area contributed by atoms with Crippen LogP contribution in [0.2, 0.25) is 0 Å². The molecule has 0 saturated carbocycles. The normalized spacial score (nSPS) is 10.5. The fourth-order valence-corrected chi connectivity index (χ4v) is 2.07. The number of carbonyl (C=O) groups excluding carboxylic acids is 2. The van der Waals surface area contributed by atoms with E-state index in [0.29, 0.717) is 16.3 Å². The van der Waals surface area contributed by atoms with Crippen LogP contribution in [0.15, 0.2) is 45.5 Å². The van der Waals surface area contributed by atoms with E-state index in [-0.39, 0.29) is 12.3 Å². The third kappa shape index (κ3) is 4.46. The zero-order valence-corrected chi connectivity index (χ0v) is 13.8. The van der Waals surface area contributed by atoms with Gasteiger partial charge >= 0.3 is 5.97 Å². The highest BCUT2D eigenvalue weighted by molar-refractivity contribution is 9.10. The molecule has 0 radical (unpaired) electrons. The van der Waals surface area contributed by atoms with Gasteiger partial charge in [0.25, 0.3) is 5.91 Å². The number of nitrogens with one attached hydrogen (secondary N) is 1. The Morgan fingerprint density at radius 3 is 2.41 bits per heavy atom. The SMILES string of the molecule is CC(C)c1ccc(OC(=O)CNC(=O)c2ccc(Br)o2)cc1. The highest BCUT2D eigenvalue weighted by atomic mass is 79.9. The van der Waals surface area contributed by atoms with Crippen molar-refractivity contribution in [1.82, 2.24) is 5.32 Å². The molecule has 0 atom stereocenters. The van der Waals surface area contributed by atoms with Gasteiger partial charge in [-0.3, -0.25) is 4.79 Å². The number of halogens is 1. The molecule has 0 aliphatic rings. The van der Waals surface area contributed by atoms with Crippen molar-refractivity contribution in [3.8, 4) is 5.75 Å². The number of hydrogen-bond acceptors (Lipinski definition) is 4. The summed E-state index contributed by atoms with van der Waals surface area (Å²) in [6, 6.07) is 10.4. The standard InChI is InChI=1S/C16H16BrNO4/c1-10(2)11-3-5-12(6-4-11)21-15(19)9-18-16(20)13-7-8-14(17)22-13/h3-8,10H,9H2,1-2H3,(H,18,20). The number of furan rings is 1. The van der Waals surface area contributed by atoms with Gasteiger partial charge in [-0.05, 0) is 51.7 Å². The van der Waals surface area contributed by atoms with Crippen LogP contribution in [0.25, 0.3) is 0 Å². The lowest BCUT2D eigenvalue weighted by molar-refractivity contribution is -0.133. The van der Waals surface area contributed by atoms with Crippen molar-refractivity contribution in [3.05, 3.63) is 52.4 Å². The quantitative estimate of drug-likeness (QED) is 0.650. The average Bonchev–Trinajstić information content (AvgIpc) is 2.92. The molecule has 0 saturated heterocycles. The maximum Gasteiger partial charge on any atom is 0.330 e. The minimum absolute atomic E-state index is 0.126. The van der Waals surface area contributed by atoms with E-state index in [4.69, 9.17) is 9.15 Å². The minimum atomic E-state index is -0.545. The maximum atomic E-state index is 11.7. The van der Waals surface area contributed by atoms with Crippen LogP contribution in [-0.2, 0) is 4.79 Å². The summed E-state index contributed by atoms with van der Waals surface area (Å²) in [7, 11) is 0. The van der Waals surface area contributed by atoms with E-state index in [0.717, 1.165) is 5.56 Å². The first-order chi connectivity index (χ1) is 10.5. The van der Waals surface area contributed by atoms with E-state index in [1.54, 1.807) is 18.2 Å². The van der Waals surface area contributed by atoms with Gasteiger partial charge in [0, 0.05) is 0 Å². The molecular formula is C16H16BrNO4. The molecule has 1 aromatic carbocycles. The van der Waals surface area contributed by atoms with E-state index in [2.05, 4.69) is 35.1 Å². The molecule has 1 N–H and O–H groups in total. The predicted molar refractivity (Wildman–Crippen MR) is 84.9 cm³/mol. The number of esters is 1. The first-order valence-electron chi connectivity index (χ1n) is 6.80. The third-order valence-corrected chi connectivity index (χ3v) is 3.39. The Kier molecular flexibility index (Phi) is 5.38. The van der Waals surface area contributed by atoms with Crippen LogP contribution in [0, 0.1) is 0 Å². The molecular weight excluding hydrogens is 350 g/mol. The summed E-state index contributed by atoms with van der Waals surface area (Å²) in [5, 5.41) is 2.43. The number of carbonyl (C=O) groups is 2. The van der Waals surface area contributed by atoms with E-state index in [1.165, 1.54) is 6.07 Å². The molecule has 0 aliphatic carbocycles. The van der Waals surface area contributed by atoms with E-state index in [1.807, 2.05) is 12.1 Å². The van der Waals surface area contributed by atoms with E-state index >= 15 is 0 Å². The average molecular weight is 366 g/mol. The molecule has 1 heterocycles. The second-order valence-corrected chi connectivity index (χ2v) is 5.77. The Balaban J connectivity index is 1.84. The summed E-state index contributed by atoms with van der Waals surface area (Å²) >= 11 is 3.10. The molecule has 5 nitrogen and oxygen atoms in total. The van der Waals surface area contributed by atoms with Crippen LogP contribution in [0.5, 0.6) is 5.75 Å². The third-order valence-electron chi connectivity index (χ3n) is 2.97. The van der Waals surface area contributed by atoms with Crippen molar-refractivity contribution in [2.75, 3.05) is 6.54 Å². The summed E-state index contributed by atoms with van der Waals surface area (Å²) in [4.78, 5) is 23.4. The molecule has 0 spiro atoms. The molecule has 6 heteroatoms. The molecule has 1 amide bonds. The number of rotatable bonds is 5. The fraction of sp³-hybridized carbons (Fsp3) is 0.250. The van der Waals surface area contributed by atoms with Crippen LogP contribution in [0.4, 0.5) is 0 Å². The first kappa shape index (κ1) is 16.3. The van der Waals surface area contributed by atoms with Gasteiger partial charge in [0.1, 0.15) is 12.3 Å². The van der Waals surface area contributed by atoms with Crippen molar-refractivity contribution in [3.63, 3.8) is 0 Å². The summed E-state index contributed by atoms with van der Waals surface area (Å²) < 4.78 is 10.7. The molecule has 116 valence electrons. The van der Waals surface area contributed by atoms with Crippen molar-refractivity contribution in [1.29, 1.82) is 0 Å². The molecule has 2 rings (SSSR count). The Morgan fingerprint density at radius 2 is 1.86 bits per heavy atom. The second-order valence-electron chi connectivity index (χ2n) is 4.98. The zero-order chi connectivity index (χ0) is 16.1. The van der Waals surface area contributed by atoms with Gasteiger partial charge in [0.2, 0.25) is 0 Å². The van der Waals surface area contributed by atoms with Crippen molar-refractivity contribution < 1.29 is 18.7 Å². The minimum Gasteiger partial charge on any atom is -0.444 e. The second kappa shape index (κ2) is 7.26. The zero-order valence-electron chi connectivity index (χ0n) is 12.3. The largest absolute Gasteiger partial charge is 0.444 e. The van der Waals surface area contributed by atoms with Gasteiger partial charge in [0.15, 0.2) is 10.4 Å². The molecule has 0 aliphatic heterocycles. The van der Waals surface area contributed by atoms with E-state index < -0.39 is 11.9 Å². The number of benzene rings is 1. The maximum absolute atomic E-state index is 11.7. The van der Waals surface area contributed by atoms with Crippen LogP contribution in [0.3, 0.4) is 0 Å². The van der Waals surface area contributed by atoms with Gasteiger partial charge < -0.3 is 14.5 Å². The van der Waals surface area contributed by atoms with E-state index in [9.17, 15) is 9.59 Å². The molecule has 0 fully saturated rings. The van der Waals surface area contributed by atoms with Crippen molar-refractivity contribution in [2.45, 2.75) is 19.8 Å². The van der Waals surface area contributed by atoms with Gasteiger partial charge in [-0.2, -0.15) is 0 Å². The highest BCUT2D eigenvalue weighted by Gasteiger charge is 2.13. The number of hydrogen-bond donors (Lipinski definition) is 1. The Bertz CT molecular complexity index is 661. The Morgan fingerprint density at radius 1 is 1.18 bits per heavy atom. The highest BCUT2D eigenvalue weighted by Crippen LogP contribution is 2.18. The molecule has 1 aromatic heterocycles. The summed E-state index contributed by atoms with van der Waals surface area (Å²) in [5.41, 5.74) is 1.16.